The highest BCUT2D eigenvalue weighted by Gasteiger charge is 2.33. The summed E-state index contributed by atoms with van der Waals surface area (Å²) in [6.45, 7) is 12.3. The molecule has 0 radical (unpaired) electrons. The maximum Gasteiger partial charge on any atom is 0.251 e. The van der Waals surface area contributed by atoms with Crippen molar-refractivity contribution in [3.63, 3.8) is 0 Å². The van der Waals surface area contributed by atoms with E-state index in [1.165, 1.54) is 18.6 Å². The molecule has 1 aromatic carbocycles. The Balaban J connectivity index is 1.60. The van der Waals surface area contributed by atoms with Crippen LogP contribution in [0.25, 0.3) is 0 Å². The molecule has 1 aromatic rings. The Morgan fingerprint density at radius 2 is 1.94 bits per heavy atom. The maximum atomic E-state index is 12.8. The van der Waals surface area contributed by atoms with Crippen molar-refractivity contribution >= 4 is 15.9 Å². The van der Waals surface area contributed by atoms with Gasteiger partial charge < -0.3 is 10.1 Å². The minimum atomic E-state index is -3.69. The molecule has 174 valence electrons. The SMILES string of the molecule is CC1CC(C)CN(C(C)(C)CNC(=O)c2cccc(S(=O)(=O)NCC3CCCO3)c2)C1. The first-order valence-corrected chi connectivity index (χ1v) is 12.8. The minimum Gasteiger partial charge on any atom is -0.377 e. The van der Waals surface area contributed by atoms with Gasteiger partial charge in [0.25, 0.3) is 5.91 Å². The van der Waals surface area contributed by atoms with Gasteiger partial charge >= 0.3 is 0 Å². The third kappa shape index (κ3) is 6.51. The first-order chi connectivity index (χ1) is 14.6. The summed E-state index contributed by atoms with van der Waals surface area (Å²) in [4.78, 5) is 15.3. The van der Waals surface area contributed by atoms with Crippen LogP contribution in [-0.2, 0) is 14.8 Å². The molecule has 3 atom stereocenters. The van der Waals surface area contributed by atoms with Crippen molar-refractivity contribution in [2.24, 2.45) is 11.8 Å². The molecule has 2 heterocycles. The summed E-state index contributed by atoms with van der Waals surface area (Å²) in [5, 5.41) is 3.01. The van der Waals surface area contributed by atoms with Gasteiger partial charge in [-0.3, -0.25) is 9.69 Å². The largest absolute Gasteiger partial charge is 0.377 e. The number of sulfonamides is 1. The van der Waals surface area contributed by atoms with Gasteiger partial charge in [-0.15, -0.1) is 0 Å². The molecular weight excluding hydrogens is 414 g/mol. The fourth-order valence-electron chi connectivity index (χ4n) is 4.56. The molecule has 3 unspecified atom stereocenters. The topological polar surface area (TPSA) is 87.7 Å². The first-order valence-electron chi connectivity index (χ1n) is 11.3. The number of ether oxygens (including phenoxy) is 1. The monoisotopic (exact) mass is 451 g/mol. The molecule has 2 saturated heterocycles. The van der Waals surface area contributed by atoms with Gasteiger partial charge in [-0.2, -0.15) is 0 Å². The highest BCUT2D eigenvalue weighted by molar-refractivity contribution is 7.89. The van der Waals surface area contributed by atoms with E-state index in [2.05, 4.69) is 42.6 Å². The lowest BCUT2D eigenvalue weighted by atomic mass is 9.88. The van der Waals surface area contributed by atoms with Crippen LogP contribution < -0.4 is 10.0 Å². The number of benzene rings is 1. The molecule has 31 heavy (non-hydrogen) atoms. The molecule has 0 bridgehead atoms. The first kappa shape index (κ1) is 24.2. The lowest BCUT2D eigenvalue weighted by molar-refractivity contribution is 0.0445. The van der Waals surface area contributed by atoms with E-state index in [0.717, 1.165) is 25.9 Å². The average molecular weight is 452 g/mol. The Kier molecular flexibility index (Phi) is 7.78. The number of carbonyl (C=O) groups excluding carboxylic acids is 1. The van der Waals surface area contributed by atoms with Gasteiger partial charge in [0.1, 0.15) is 0 Å². The summed E-state index contributed by atoms with van der Waals surface area (Å²) in [5.74, 6) is 1.02. The number of carbonyl (C=O) groups is 1. The zero-order valence-electron chi connectivity index (χ0n) is 19.2. The molecule has 0 spiro atoms. The van der Waals surface area contributed by atoms with E-state index < -0.39 is 10.0 Å². The van der Waals surface area contributed by atoms with E-state index in [-0.39, 0.29) is 29.0 Å². The Hall–Kier alpha value is -1.48. The van der Waals surface area contributed by atoms with Crippen LogP contribution in [0.4, 0.5) is 0 Å². The second kappa shape index (κ2) is 9.98. The second-order valence-electron chi connectivity index (χ2n) is 9.86. The maximum absolute atomic E-state index is 12.8. The van der Waals surface area contributed by atoms with Crippen molar-refractivity contribution in [3.05, 3.63) is 29.8 Å². The Labute approximate surface area is 187 Å². The zero-order valence-corrected chi connectivity index (χ0v) is 20.0. The fraction of sp³-hybridized carbons (Fsp3) is 0.696. The molecule has 7 nitrogen and oxygen atoms in total. The third-order valence-corrected chi connectivity index (χ3v) is 7.76. The molecule has 2 fully saturated rings. The molecule has 2 aliphatic heterocycles. The van der Waals surface area contributed by atoms with Crippen LogP contribution in [0.2, 0.25) is 0 Å². The van der Waals surface area contributed by atoms with E-state index in [1.54, 1.807) is 12.1 Å². The standard InChI is InChI=1S/C23H37N3O4S/c1-17-11-18(2)15-26(14-17)23(3,4)16-24-22(27)19-7-5-9-21(12-19)31(28,29)25-13-20-8-6-10-30-20/h5,7,9,12,17-18,20,25H,6,8,10-11,13-16H2,1-4H3,(H,24,27). The van der Waals surface area contributed by atoms with Crippen LogP contribution in [0.5, 0.6) is 0 Å². The van der Waals surface area contributed by atoms with Gasteiger partial charge in [-0.1, -0.05) is 19.9 Å². The van der Waals surface area contributed by atoms with Crippen molar-refractivity contribution < 1.29 is 17.9 Å². The van der Waals surface area contributed by atoms with Gasteiger partial charge in [0.2, 0.25) is 10.0 Å². The van der Waals surface area contributed by atoms with Crippen LogP contribution in [0.1, 0.15) is 57.3 Å². The summed E-state index contributed by atoms with van der Waals surface area (Å²) in [6, 6.07) is 6.20. The Bertz CT molecular complexity index is 855. The van der Waals surface area contributed by atoms with E-state index in [9.17, 15) is 13.2 Å². The van der Waals surface area contributed by atoms with Gasteiger partial charge in [-0.25, -0.2) is 13.1 Å². The lowest BCUT2D eigenvalue weighted by Crippen LogP contribution is -2.56. The number of rotatable bonds is 8. The quantitative estimate of drug-likeness (QED) is 0.634. The summed E-state index contributed by atoms with van der Waals surface area (Å²) < 4.78 is 33.4. The number of piperidine rings is 1. The second-order valence-corrected chi connectivity index (χ2v) is 11.6. The highest BCUT2D eigenvalue weighted by Crippen LogP contribution is 2.27. The number of nitrogens with one attached hydrogen (secondary N) is 2. The molecule has 2 aliphatic rings. The summed E-state index contributed by atoms with van der Waals surface area (Å²) in [5.41, 5.74) is 0.168. The number of amides is 1. The molecule has 3 rings (SSSR count). The van der Waals surface area contributed by atoms with Crippen LogP contribution in [0.3, 0.4) is 0 Å². The molecule has 8 heteroatoms. The van der Waals surface area contributed by atoms with Crippen molar-refractivity contribution in [3.8, 4) is 0 Å². The Morgan fingerprint density at radius 1 is 1.23 bits per heavy atom. The lowest BCUT2D eigenvalue weighted by Gasteiger charge is -2.45. The number of nitrogens with zero attached hydrogens (tertiary/aromatic N) is 1. The van der Waals surface area contributed by atoms with Crippen molar-refractivity contribution in [1.82, 2.24) is 14.9 Å². The normalized spacial score (nSPS) is 25.5. The fourth-order valence-corrected chi connectivity index (χ4v) is 5.68. The van der Waals surface area contributed by atoms with E-state index >= 15 is 0 Å². The molecule has 1 amide bonds. The van der Waals surface area contributed by atoms with E-state index in [0.29, 0.717) is 30.6 Å². The van der Waals surface area contributed by atoms with Gasteiger partial charge in [0.15, 0.2) is 0 Å². The minimum absolute atomic E-state index is 0.0799. The van der Waals surface area contributed by atoms with Crippen LogP contribution in [-0.4, -0.2) is 63.7 Å². The molecule has 0 aromatic heterocycles. The molecule has 0 saturated carbocycles. The van der Waals surface area contributed by atoms with Gasteiger partial charge in [0, 0.05) is 43.9 Å². The van der Waals surface area contributed by atoms with Crippen molar-refractivity contribution in [1.29, 1.82) is 0 Å². The molecular formula is C23H37N3O4S. The van der Waals surface area contributed by atoms with E-state index in [4.69, 9.17) is 4.74 Å². The number of hydrogen-bond donors (Lipinski definition) is 2. The summed E-state index contributed by atoms with van der Waals surface area (Å²) in [7, 11) is -3.69. The average Bonchev–Trinajstić information content (AvgIpc) is 3.24. The molecule has 0 aliphatic carbocycles. The van der Waals surface area contributed by atoms with Gasteiger partial charge in [0.05, 0.1) is 11.0 Å². The summed E-state index contributed by atoms with van der Waals surface area (Å²) >= 11 is 0. The van der Waals surface area contributed by atoms with Crippen molar-refractivity contribution in [2.75, 3.05) is 32.8 Å². The highest BCUT2D eigenvalue weighted by atomic mass is 32.2. The van der Waals surface area contributed by atoms with Crippen LogP contribution >= 0.6 is 0 Å². The smallest absolute Gasteiger partial charge is 0.251 e. The summed E-state index contributed by atoms with van der Waals surface area (Å²) in [6.07, 6.45) is 2.97. The third-order valence-electron chi connectivity index (χ3n) is 6.34. The predicted octanol–water partition coefficient (Wildman–Crippen LogP) is 2.63. The van der Waals surface area contributed by atoms with Crippen molar-refractivity contribution in [2.45, 2.75) is 63.5 Å². The zero-order chi connectivity index (χ0) is 22.6. The Morgan fingerprint density at radius 3 is 2.58 bits per heavy atom. The van der Waals surface area contributed by atoms with E-state index in [1.807, 2.05) is 0 Å². The van der Waals surface area contributed by atoms with Crippen LogP contribution in [0.15, 0.2) is 29.2 Å². The number of likely N-dealkylation sites (tertiary alicyclic amines) is 1. The number of hydrogen-bond acceptors (Lipinski definition) is 5. The predicted molar refractivity (Wildman–Crippen MR) is 122 cm³/mol. The van der Waals surface area contributed by atoms with Gasteiger partial charge in [-0.05, 0) is 63.1 Å². The molecule has 2 N–H and O–H groups in total. The van der Waals surface area contributed by atoms with Crippen LogP contribution in [0, 0.1) is 11.8 Å².